The zero-order valence-electron chi connectivity index (χ0n) is 18.3. The van der Waals surface area contributed by atoms with E-state index in [9.17, 15) is 9.18 Å². The molecular formula is C24H22FN3O3S2. The third-order valence-corrected chi connectivity index (χ3v) is 6.66. The van der Waals surface area contributed by atoms with E-state index < -0.39 is 0 Å². The smallest absolute Gasteiger partial charge is 0.250 e. The number of thioether (sulfide) groups is 1. The summed E-state index contributed by atoms with van der Waals surface area (Å²) in [5, 5.41) is 12.1. The molecule has 0 fully saturated rings. The number of furan rings is 1. The minimum absolute atomic E-state index is 0.300. The topological polar surface area (TPSA) is 77.2 Å². The van der Waals surface area contributed by atoms with Gasteiger partial charge in [-0.1, -0.05) is 42.2 Å². The number of nitrogens with zero attached hydrogens (tertiary/aromatic N) is 2. The van der Waals surface area contributed by atoms with Crippen LogP contribution in [-0.2, 0) is 4.79 Å². The van der Waals surface area contributed by atoms with Gasteiger partial charge in [-0.25, -0.2) is 4.39 Å². The van der Waals surface area contributed by atoms with Gasteiger partial charge in [0.1, 0.15) is 17.1 Å². The predicted octanol–water partition coefficient (Wildman–Crippen LogP) is 6.64. The monoisotopic (exact) mass is 483 g/mol. The van der Waals surface area contributed by atoms with Gasteiger partial charge in [0.05, 0.1) is 12.9 Å². The number of benzene rings is 2. The molecule has 4 aromatic rings. The van der Waals surface area contributed by atoms with Gasteiger partial charge in [-0.05, 0) is 48.9 Å². The van der Waals surface area contributed by atoms with Gasteiger partial charge in [-0.2, -0.15) is 0 Å². The number of anilines is 1. The van der Waals surface area contributed by atoms with E-state index in [-0.39, 0.29) is 11.7 Å². The Hall–Kier alpha value is -3.17. The van der Waals surface area contributed by atoms with Gasteiger partial charge in [0.15, 0.2) is 4.34 Å². The zero-order chi connectivity index (χ0) is 23.4. The van der Waals surface area contributed by atoms with Gasteiger partial charge in [0, 0.05) is 28.7 Å². The molecule has 0 saturated carbocycles. The van der Waals surface area contributed by atoms with Crippen molar-refractivity contribution in [1.29, 1.82) is 0 Å². The number of ether oxygens (including phenoxy) is 1. The number of rotatable bonds is 8. The number of hydrogen-bond donors (Lipinski definition) is 1. The summed E-state index contributed by atoms with van der Waals surface area (Å²) >= 11 is 2.91. The minimum atomic E-state index is -0.301. The molecular weight excluding hydrogens is 461 g/mol. The number of allylic oxidation sites excluding steroid dienone is 1. The lowest BCUT2D eigenvalue weighted by Gasteiger charge is -2.11. The summed E-state index contributed by atoms with van der Waals surface area (Å²) in [6, 6.07) is 9.99. The molecule has 0 aliphatic rings. The van der Waals surface area contributed by atoms with E-state index in [0.29, 0.717) is 23.1 Å². The number of fused-ring (bicyclic) bond motifs is 1. The van der Waals surface area contributed by atoms with E-state index in [1.54, 1.807) is 30.2 Å². The Morgan fingerprint density at radius 1 is 1.24 bits per heavy atom. The first-order chi connectivity index (χ1) is 16.0. The Morgan fingerprint density at radius 3 is 2.76 bits per heavy atom. The summed E-state index contributed by atoms with van der Waals surface area (Å²) in [5.41, 5.74) is 3.80. The average Bonchev–Trinajstić information content (AvgIpc) is 3.40. The van der Waals surface area contributed by atoms with Gasteiger partial charge in [-0.3, -0.25) is 10.1 Å². The second-order valence-electron chi connectivity index (χ2n) is 7.06. The first kappa shape index (κ1) is 23.0. The number of amides is 1. The van der Waals surface area contributed by atoms with Crippen LogP contribution < -0.4 is 10.1 Å². The van der Waals surface area contributed by atoms with Gasteiger partial charge in [0.2, 0.25) is 11.0 Å². The molecule has 1 amide bonds. The highest BCUT2D eigenvalue weighted by atomic mass is 32.2. The lowest BCUT2D eigenvalue weighted by molar-refractivity contribution is -0.111. The predicted molar refractivity (Wildman–Crippen MR) is 131 cm³/mol. The highest BCUT2D eigenvalue weighted by Gasteiger charge is 2.16. The van der Waals surface area contributed by atoms with Crippen LogP contribution in [0.2, 0.25) is 0 Å². The van der Waals surface area contributed by atoms with E-state index in [1.807, 2.05) is 32.9 Å². The number of nitrogens with one attached hydrogen (secondary N) is 1. The molecule has 6 nitrogen and oxygen atoms in total. The number of carbonyl (C=O) groups is 1. The molecule has 2 heterocycles. The van der Waals surface area contributed by atoms with Crippen molar-refractivity contribution in [2.24, 2.45) is 0 Å². The molecule has 2 aromatic heterocycles. The summed E-state index contributed by atoms with van der Waals surface area (Å²) in [6.07, 6.45) is 3.15. The largest absolute Gasteiger partial charge is 0.493 e. The Bertz CT molecular complexity index is 1310. The molecule has 0 atom stereocenters. The van der Waals surface area contributed by atoms with Gasteiger partial charge in [0.25, 0.3) is 0 Å². The SMILES string of the molecule is CCOc1cc2occ(-c3ccc(F)cc3)c2cc1/C(C)=C/C(=O)Nc1nnc(SCC)s1. The highest BCUT2D eigenvalue weighted by Crippen LogP contribution is 2.37. The van der Waals surface area contributed by atoms with E-state index in [1.165, 1.54) is 29.5 Å². The van der Waals surface area contributed by atoms with Crippen LogP contribution in [0.1, 0.15) is 26.3 Å². The van der Waals surface area contributed by atoms with Crippen molar-refractivity contribution in [1.82, 2.24) is 10.2 Å². The summed E-state index contributed by atoms with van der Waals surface area (Å²) < 4.78 is 25.8. The van der Waals surface area contributed by atoms with Crippen LogP contribution in [0.15, 0.2) is 57.5 Å². The van der Waals surface area contributed by atoms with E-state index in [4.69, 9.17) is 9.15 Å². The van der Waals surface area contributed by atoms with Crippen LogP contribution in [0.5, 0.6) is 5.75 Å². The first-order valence-electron chi connectivity index (χ1n) is 10.4. The van der Waals surface area contributed by atoms with Crippen LogP contribution in [0, 0.1) is 5.82 Å². The molecule has 0 aliphatic carbocycles. The van der Waals surface area contributed by atoms with Crippen molar-refractivity contribution >= 4 is 50.7 Å². The third-order valence-electron chi connectivity index (χ3n) is 4.81. The van der Waals surface area contributed by atoms with Gasteiger partial charge >= 0.3 is 0 Å². The standard InChI is InChI=1S/C24H22FN3O3S2/c1-4-30-20-12-21-18(19(13-31-21)15-6-8-16(25)9-7-15)11-17(20)14(3)10-22(29)26-23-27-28-24(33-23)32-5-2/h6-13H,4-5H2,1-3H3,(H,26,27,29)/b14-10+. The Kier molecular flexibility index (Phi) is 7.10. The lowest BCUT2D eigenvalue weighted by Crippen LogP contribution is -2.08. The molecule has 0 saturated heterocycles. The first-order valence-corrected chi connectivity index (χ1v) is 12.2. The van der Waals surface area contributed by atoms with Crippen LogP contribution in [0.25, 0.3) is 27.7 Å². The fourth-order valence-corrected chi connectivity index (χ4v) is 5.00. The zero-order valence-corrected chi connectivity index (χ0v) is 20.0. The highest BCUT2D eigenvalue weighted by molar-refractivity contribution is 8.01. The molecule has 33 heavy (non-hydrogen) atoms. The normalized spacial score (nSPS) is 11.7. The second kappa shape index (κ2) is 10.2. The van der Waals surface area contributed by atoms with Crippen LogP contribution in [0.4, 0.5) is 9.52 Å². The van der Waals surface area contributed by atoms with Crippen LogP contribution in [0.3, 0.4) is 0 Å². The maximum absolute atomic E-state index is 13.4. The fourth-order valence-electron chi connectivity index (χ4n) is 3.35. The maximum atomic E-state index is 13.4. The lowest BCUT2D eigenvalue weighted by atomic mass is 9.99. The van der Waals surface area contributed by atoms with Crippen molar-refractivity contribution in [3.05, 3.63) is 60.1 Å². The second-order valence-corrected chi connectivity index (χ2v) is 9.55. The van der Waals surface area contributed by atoms with E-state index >= 15 is 0 Å². The molecule has 2 aromatic carbocycles. The van der Waals surface area contributed by atoms with Crippen LogP contribution >= 0.6 is 23.1 Å². The number of halogens is 1. The molecule has 0 unspecified atom stereocenters. The number of hydrogen-bond acceptors (Lipinski definition) is 7. The van der Waals surface area contributed by atoms with Crippen molar-refractivity contribution in [2.45, 2.75) is 25.1 Å². The molecule has 0 spiro atoms. The summed E-state index contributed by atoms with van der Waals surface area (Å²) in [5.74, 6) is 0.902. The quantitative estimate of drug-likeness (QED) is 0.172. The van der Waals surface area contributed by atoms with E-state index in [0.717, 1.165) is 37.7 Å². The summed E-state index contributed by atoms with van der Waals surface area (Å²) in [6.45, 7) is 6.24. The molecule has 9 heteroatoms. The molecule has 0 aliphatic heterocycles. The van der Waals surface area contributed by atoms with Gasteiger partial charge < -0.3 is 9.15 Å². The van der Waals surface area contributed by atoms with Crippen LogP contribution in [-0.4, -0.2) is 28.5 Å². The molecule has 4 rings (SSSR count). The number of aromatic nitrogens is 2. The Balaban J connectivity index is 1.67. The van der Waals surface area contributed by atoms with Gasteiger partial charge in [-0.15, -0.1) is 10.2 Å². The molecule has 0 radical (unpaired) electrons. The molecule has 170 valence electrons. The fraction of sp³-hybridized carbons (Fsp3) is 0.208. The van der Waals surface area contributed by atoms with Crippen molar-refractivity contribution in [2.75, 3.05) is 17.7 Å². The van der Waals surface area contributed by atoms with E-state index in [2.05, 4.69) is 15.5 Å². The third kappa shape index (κ3) is 5.26. The molecule has 1 N–H and O–H groups in total. The molecule has 0 bridgehead atoms. The van der Waals surface area contributed by atoms with Crippen molar-refractivity contribution < 1.29 is 18.3 Å². The minimum Gasteiger partial charge on any atom is -0.493 e. The summed E-state index contributed by atoms with van der Waals surface area (Å²) in [4.78, 5) is 12.6. The van der Waals surface area contributed by atoms with Crippen molar-refractivity contribution in [3.8, 4) is 16.9 Å². The summed E-state index contributed by atoms with van der Waals surface area (Å²) in [7, 11) is 0. The Labute approximate surface area is 198 Å². The number of carbonyl (C=O) groups excluding carboxylic acids is 1. The average molecular weight is 484 g/mol. The Morgan fingerprint density at radius 2 is 2.03 bits per heavy atom. The maximum Gasteiger partial charge on any atom is 0.250 e. The van der Waals surface area contributed by atoms with Crippen molar-refractivity contribution in [3.63, 3.8) is 0 Å².